The van der Waals surface area contributed by atoms with E-state index in [1.807, 2.05) is 55.5 Å². The molecule has 2 aromatic rings. The first-order valence-electron chi connectivity index (χ1n) is 7.02. The largest absolute Gasteiger partial charge is 0.494 e. The molecule has 0 fully saturated rings. The minimum absolute atomic E-state index is 0.137. The van der Waals surface area contributed by atoms with Crippen LogP contribution in [-0.4, -0.2) is 18.3 Å². The third kappa shape index (κ3) is 4.06. The van der Waals surface area contributed by atoms with Crippen LogP contribution >= 0.6 is 15.9 Å². The van der Waals surface area contributed by atoms with Gasteiger partial charge < -0.3 is 15.6 Å². The molecule has 3 nitrogen and oxygen atoms in total. The summed E-state index contributed by atoms with van der Waals surface area (Å²) in [5.41, 5.74) is 7.74. The molecule has 0 spiro atoms. The SMILES string of the molecule is CCOc1ccc(C(CN)C(O)c2ccc(Br)cc2)cc1. The minimum Gasteiger partial charge on any atom is -0.494 e. The van der Waals surface area contributed by atoms with E-state index in [9.17, 15) is 5.11 Å². The molecule has 0 aromatic heterocycles. The molecule has 112 valence electrons. The van der Waals surface area contributed by atoms with Gasteiger partial charge in [0.1, 0.15) is 5.75 Å². The molecule has 0 radical (unpaired) electrons. The Kier molecular flexibility index (Phi) is 5.79. The molecule has 0 aliphatic rings. The molecule has 2 atom stereocenters. The molecule has 2 rings (SSSR count). The average Bonchev–Trinajstić information content (AvgIpc) is 2.50. The van der Waals surface area contributed by atoms with Gasteiger partial charge in [0.25, 0.3) is 0 Å². The van der Waals surface area contributed by atoms with Gasteiger partial charge in [0.15, 0.2) is 0 Å². The molecule has 0 heterocycles. The smallest absolute Gasteiger partial charge is 0.119 e. The first-order chi connectivity index (χ1) is 10.2. The first kappa shape index (κ1) is 16.0. The third-order valence-corrected chi connectivity index (χ3v) is 3.99. The summed E-state index contributed by atoms with van der Waals surface area (Å²) in [7, 11) is 0. The number of nitrogens with two attached hydrogens (primary N) is 1. The molecule has 0 amide bonds. The maximum Gasteiger partial charge on any atom is 0.119 e. The van der Waals surface area contributed by atoms with Gasteiger partial charge in [0.05, 0.1) is 12.7 Å². The Bertz CT molecular complexity index is 554. The van der Waals surface area contributed by atoms with Crippen molar-refractivity contribution in [1.82, 2.24) is 0 Å². The van der Waals surface area contributed by atoms with Crippen molar-refractivity contribution in [2.45, 2.75) is 18.9 Å². The second kappa shape index (κ2) is 7.59. The first-order valence-corrected chi connectivity index (χ1v) is 7.81. The van der Waals surface area contributed by atoms with E-state index >= 15 is 0 Å². The molecule has 0 saturated heterocycles. The molecular formula is C17H20BrNO2. The normalized spacial score (nSPS) is 13.7. The van der Waals surface area contributed by atoms with Gasteiger partial charge in [0.2, 0.25) is 0 Å². The van der Waals surface area contributed by atoms with Crippen molar-refractivity contribution in [3.8, 4) is 5.75 Å². The zero-order valence-corrected chi connectivity index (χ0v) is 13.6. The minimum atomic E-state index is -0.624. The predicted molar refractivity (Wildman–Crippen MR) is 88.5 cm³/mol. The summed E-state index contributed by atoms with van der Waals surface area (Å²) in [5.74, 6) is 0.692. The summed E-state index contributed by atoms with van der Waals surface area (Å²) in [6.07, 6.45) is -0.624. The average molecular weight is 350 g/mol. The van der Waals surface area contributed by atoms with Gasteiger partial charge in [-0.3, -0.25) is 0 Å². The van der Waals surface area contributed by atoms with E-state index in [0.29, 0.717) is 13.2 Å². The lowest BCUT2D eigenvalue weighted by atomic mass is 9.89. The van der Waals surface area contributed by atoms with E-state index < -0.39 is 6.10 Å². The maximum atomic E-state index is 10.6. The van der Waals surface area contributed by atoms with Crippen molar-refractivity contribution in [1.29, 1.82) is 0 Å². The Hall–Kier alpha value is -1.36. The van der Waals surface area contributed by atoms with Crippen molar-refractivity contribution in [3.63, 3.8) is 0 Å². The van der Waals surface area contributed by atoms with E-state index in [4.69, 9.17) is 10.5 Å². The van der Waals surface area contributed by atoms with Crippen LogP contribution in [-0.2, 0) is 0 Å². The van der Waals surface area contributed by atoms with Crippen molar-refractivity contribution >= 4 is 15.9 Å². The highest BCUT2D eigenvalue weighted by Crippen LogP contribution is 2.31. The highest BCUT2D eigenvalue weighted by molar-refractivity contribution is 9.10. The molecule has 0 aliphatic heterocycles. The van der Waals surface area contributed by atoms with E-state index in [1.54, 1.807) is 0 Å². The van der Waals surface area contributed by atoms with Gasteiger partial charge in [-0.25, -0.2) is 0 Å². The molecule has 21 heavy (non-hydrogen) atoms. The third-order valence-electron chi connectivity index (χ3n) is 3.47. The fraction of sp³-hybridized carbons (Fsp3) is 0.294. The highest BCUT2D eigenvalue weighted by Gasteiger charge is 2.21. The van der Waals surface area contributed by atoms with Crippen LogP contribution in [0, 0.1) is 0 Å². The Morgan fingerprint density at radius 2 is 1.62 bits per heavy atom. The number of ether oxygens (including phenoxy) is 1. The van der Waals surface area contributed by atoms with Crippen LogP contribution < -0.4 is 10.5 Å². The predicted octanol–water partition coefficient (Wildman–Crippen LogP) is 3.62. The number of halogens is 1. The Balaban J connectivity index is 2.19. The molecule has 3 N–H and O–H groups in total. The van der Waals surface area contributed by atoms with Crippen LogP contribution in [0.3, 0.4) is 0 Å². The van der Waals surface area contributed by atoms with E-state index in [2.05, 4.69) is 15.9 Å². The van der Waals surface area contributed by atoms with Crippen LogP contribution in [0.2, 0.25) is 0 Å². The summed E-state index contributed by atoms with van der Waals surface area (Å²) in [6.45, 7) is 2.97. The topological polar surface area (TPSA) is 55.5 Å². The number of benzene rings is 2. The molecule has 4 heteroatoms. The van der Waals surface area contributed by atoms with E-state index in [0.717, 1.165) is 21.3 Å². The van der Waals surface area contributed by atoms with Crippen LogP contribution in [0.25, 0.3) is 0 Å². The second-order valence-corrected chi connectivity index (χ2v) is 5.76. The van der Waals surface area contributed by atoms with E-state index in [-0.39, 0.29) is 5.92 Å². The summed E-state index contributed by atoms with van der Waals surface area (Å²) in [5, 5.41) is 10.6. The maximum absolute atomic E-state index is 10.6. The number of aliphatic hydroxyl groups excluding tert-OH is 1. The van der Waals surface area contributed by atoms with Crippen molar-refractivity contribution in [3.05, 3.63) is 64.1 Å². The van der Waals surface area contributed by atoms with Gasteiger partial charge in [-0.15, -0.1) is 0 Å². The van der Waals surface area contributed by atoms with Crippen LogP contribution in [0.15, 0.2) is 53.0 Å². The number of rotatable bonds is 6. The zero-order valence-electron chi connectivity index (χ0n) is 12.0. The van der Waals surface area contributed by atoms with Crippen LogP contribution in [0.4, 0.5) is 0 Å². The summed E-state index contributed by atoms with van der Waals surface area (Å²) in [4.78, 5) is 0. The summed E-state index contributed by atoms with van der Waals surface area (Å²) < 4.78 is 6.42. The fourth-order valence-electron chi connectivity index (χ4n) is 2.32. The molecule has 2 unspecified atom stereocenters. The molecule has 0 aliphatic carbocycles. The van der Waals surface area contributed by atoms with Crippen molar-refractivity contribution in [2.24, 2.45) is 5.73 Å². The number of aliphatic hydroxyl groups is 1. The quantitative estimate of drug-likeness (QED) is 0.837. The lowest BCUT2D eigenvalue weighted by molar-refractivity contribution is 0.147. The fourth-order valence-corrected chi connectivity index (χ4v) is 2.58. The lowest BCUT2D eigenvalue weighted by Gasteiger charge is -2.22. The molecule has 0 bridgehead atoms. The number of hydrogen-bond acceptors (Lipinski definition) is 3. The number of hydrogen-bond donors (Lipinski definition) is 2. The Morgan fingerprint density at radius 1 is 1.05 bits per heavy atom. The monoisotopic (exact) mass is 349 g/mol. The van der Waals surface area contributed by atoms with Gasteiger partial charge in [-0.05, 0) is 42.3 Å². The van der Waals surface area contributed by atoms with E-state index in [1.165, 1.54) is 0 Å². The second-order valence-electron chi connectivity index (χ2n) is 4.84. The Morgan fingerprint density at radius 3 is 2.14 bits per heavy atom. The van der Waals surface area contributed by atoms with Gasteiger partial charge in [-0.2, -0.15) is 0 Å². The zero-order chi connectivity index (χ0) is 15.2. The van der Waals surface area contributed by atoms with Gasteiger partial charge in [0, 0.05) is 16.9 Å². The lowest BCUT2D eigenvalue weighted by Crippen LogP contribution is -2.20. The molecule has 2 aromatic carbocycles. The Labute approximate surface area is 133 Å². The molecule has 0 saturated carbocycles. The molecular weight excluding hydrogens is 330 g/mol. The van der Waals surface area contributed by atoms with Gasteiger partial charge in [-0.1, -0.05) is 40.2 Å². The summed E-state index contributed by atoms with van der Waals surface area (Å²) >= 11 is 3.40. The van der Waals surface area contributed by atoms with Crippen LogP contribution in [0.5, 0.6) is 5.75 Å². The van der Waals surface area contributed by atoms with Crippen LogP contribution in [0.1, 0.15) is 30.1 Å². The highest BCUT2D eigenvalue weighted by atomic mass is 79.9. The van der Waals surface area contributed by atoms with Crippen molar-refractivity contribution < 1.29 is 9.84 Å². The standard InChI is InChI=1S/C17H20BrNO2/c1-2-21-15-9-5-12(6-10-15)16(11-19)17(20)13-3-7-14(18)8-4-13/h3-10,16-17,20H,2,11,19H2,1H3. The van der Waals surface area contributed by atoms with Crippen molar-refractivity contribution in [2.75, 3.05) is 13.2 Å². The summed E-state index contributed by atoms with van der Waals surface area (Å²) in [6, 6.07) is 15.4. The van der Waals surface area contributed by atoms with Gasteiger partial charge >= 0.3 is 0 Å².